The van der Waals surface area contributed by atoms with Crippen molar-refractivity contribution in [2.75, 3.05) is 30.9 Å². The molecule has 0 bridgehead atoms. The molecule has 0 amide bonds. The largest absolute Gasteiger partial charge is 0.392 e. The van der Waals surface area contributed by atoms with Crippen LogP contribution in [0.2, 0.25) is 0 Å². The molecule has 1 aromatic carbocycles. The quantitative estimate of drug-likeness (QED) is 0.484. The minimum Gasteiger partial charge on any atom is -0.392 e. The lowest BCUT2D eigenvalue weighted by molar-refractivity contribution is 0.0987. The number of morpholine rings is 1. The van der Waals surface area contributed by atoms with Crippen LogP contribution in [0.15, 0.2) is 34.7 Å². The molecule has 0 aliphatic carbocycles. The SMILES string of the molecule is C[C@@H]1COCCN1c1nc(-c2cc(CO)cc3[nH]ccc23)nc2c(S(C)(=O)=O)csc12. The minimum absolute atomic E-state index is 0.0968. The van der Waals surface area contributed by atoms with E-state index in [1.54, 1.807) is 5.38 Å². The highest BCUT2D eigenvalue weighted by Gasteiger charge is 2.27. The normalized spacial score (nSPS) is 17.6. The maximum Gasteiger partial charge on any atom is 0.178 e. The Bertz CT molecular complexity index is 1390. The van der Waals surface area contributed by atoms with Crippen molar-refractivity contribution in [1.82, 2.24) is 15.0 Å². The minimum atomic E-state index is -3.46. The smallest absolute Gasteiger partial charge is 0.178 e. The number of benzene rings is 1. The number of aliphatic hydroxyl groups is 1. The zero-order valence-electron chi connectivity index (χ0n) is 17.1. The van der Waals surface area contributed by atoms with Crippen molar-refractivity contribution in [1.29, 1.82) is 0 Å². The Kier molecular flexibility index (Phi) is 4.97. The van der Waals surface area contributed by atoms with Gasteiger partial charge in [-0.15, -0.1) is 11.3 Å². The second-order valence-electron chi connectivity index (χ2n) is 7.78. The maximum atomic E-state index is 12.5. The number of aromatic amines is 1. The molecule has 31 heavy (non-hydrogen) atoms. The number of sulfone groups is 1. The van der Waals surface area contributed by atoms with Gasteiger partial charge in [-0.05, 0) is 30.7 Å². The van der Waals surface area contributed by atoms with Gasteiger partial charge in [0, 0.05) is 40.8 Å². The number of nitrogens with zero attached hydrogens (tertiary/aromatic N) is 3. The van der Waals surface area contributed by atoms with Crippen molar-refractivity contribution in [2.24, 2.45) is 0 Å². The molecule has 4 heterocycles. The molecule has 8 nitrogen and oxygen atoms in total. The molecule has 162 valence electrons. The molecule has 1 atom stereocenters. The maximum absolute atomic E-state index is 12.5. The summed E-state index contributed by atoms with van der Waals surface area (Å²) in [6.07, 6.45) is 3.02. The summed E-state index contributed by atoms with van der Waals surface area (Å²) in [4.78, 5) is 15.2. The molecule has 0 spiro atoms. The van der Waals surface area contributed by atoms with Crippen molar-refractivity contribution < 1.29 is 18.3 Å². The molecule has 5 rings (SSSR count). The summed E-state index contributed by atoms with van der Waals surface area (Å²) in [7, 11) is -3.46. The summed E-state index contributed by atoms with van der Waals surface area (Å²) in [5.74, 6) is 1.15. The molecule has 0 unspecified atom stereocenters. The number of thiophene rings is 1. The topological polar surface area (TPSA) is 108 Å². The lowest BCUT2D eigenvalue weighted by Gasteiger charge is -2.34. The Balaban J connectivity index is 1.83. The van der Waals surface area contributed by atoms with E-state index in [1.165, 1.54) is 17.6 Å². The van der Waals surface area contributed by atoms with Crippen molar-refractivity contribution in [2.45, 2.75) is 24.5 Å². The number of ether oxygens (including phenoxy) is 1. The Hall–Kier alpha value is -2.53. The highest BCUT2D eigenvalue weighted by molar-refractivity contribution is 7.91. The Morgan fingerprint density at radius 1 is 1.35 bits per heavy atom. The second kappa shape index (κ2) is 7.56. The van der Waals surface area contributed by atoms with Crippen LogP contribution in [-0.2, 0) is 21.2 Å². The van der Waals surface area contributed by atoms with E-state index >= 15 is 0 Å². The number of fused-ring (bicyclic) bond motifs is 2. The molecule has 1 fully saturated rings. The van der Waals surface area contributed by atoms with E-state index in [-0.39, 0.29) is 17.5 Å². The Labute approximate surface area is 183 Å². The average Bonchev–Trinajstić information content (AvgIpc) is 3.39. The fraction of sp³-hybridized carbons (Fsp3) is 0.333. The van der Waals surface area contributed by atoms with Gasteiger partial charge in [-0.25, -0.2) is 18.4 Å². The highest BCUT2D eigenvalue weighted by atomic mass is 32.2. The Morgan fingerprint density at radius 3 is 2.94 bits per heavy atom. The molecule has 0 radical (unpaired) electrons. The molecular weight excluding hydrogens is 436 g/mol. The third-order valence-corrected chi connectivity index (χ3v) is 7.78. The zero-order valence-corrected chi connectivity index (χ0v) is 18.8. The summed E-state index contributed by atoms with van der Waals surface area (Å²) in [6, 6.07) is 5.77. The van der Waals surface area contributed by atoms with E-state index in [9.17, 15) is 13.5 Å². The first-order valence-electron chi connectivity index (χ1n) is 9.91. The van der Waals surface area contributed by atoms with Crippen LogP contribution in [-0.4, -0.2) is 60.5 Å². The molecule has 10 heteroatoms. The number of hydrogen-bond donors (Lipinski definition) is 2. The van der Waals surface area contributed by atoms with Gasteiger partial charge in [0.2, 0.25) is 0 Å². The summed E-state index contributed by atoms with van der Waals surface area (Å²) in [5.41, 5.74) is 2.77. The van der Waals surface area contributed by atoms with Crippen molar-refractivity contribution >= 4 is 48.1 Å². The van der Waals surface area contributed by atoms with Gasteiger partial charge in [-0.3, -0.25) is 0 Å². The van der Waals surface area contributed by atoms with Crippen LogP contribution in [0, 0.1) is 0 Å². The van der Waals surface area contributed by atoms with E-state index in [2.05, 4.69) is 16.8 Å². The summed E-state index contributed by atoms with van der Waals surface area (Å²) < 4.78 is 31.2. The number of rotatable bonds is 4. The van der Waals surface area contributed by atoms with E-state index in [4.69, 9.17) is 14.7 Å². The number of H-pyrrole nitrogens is 1. The highest BCUT2D eigenvalue weighted by Crippen LogP contribution is 2.38. The summed E-state index contributed by atoms with van der Waals surface area (Å²) in [5, 5.41) is 12.3. The monoisotopic (exact) mass is 458 g/mol. The first kappa shape index (κ1) is 20.4. The van der Waals surface area contributed by atoms with Gasteiger partial charge in [-0.2, -0.15) is 0 Å². The molecule has 1 saturated heterocycles. The molecule has 0 saturated carbocycles. The fourth-order valence-corrected chi connectivity index (χ4v) is 6.28. The summed E-state index contributed by atoms with van der Waals surface area (Å²) >= 11 is 1.35. The molecule has 2 N–H and O–H groups in total. The predicted molar refractivity (Wildman–Crippen MR) is 121 cm³/mol. The molecule has 1 aliphatic rings. The van der Waals surface area contributed by atoms with Crippen LogP contribution in [0.25, 0.3) is 32.5 Å². The van der Waals surface area contributed by atoms with Crippen LogP contribution >= 0.6 is 11.3 Å². The van der Waals surface area contributed by atoms with Gasteiger partial charge < -0.3 is 19.7 Å². The first-order chi connectivity index (χ1) is 14.9. The van der Waals surface area contributed by atoms with Crippen molar-refractivity contribution in [3.05, 3.63) is 35.3 Å². The molecular formula is C21H22N4O4S2. The molecule has 1 aliphatic heterocycles. The number of hydrogen-bond acceptors (Lipinski definition) is 8. The van der Waals surface area contributed by atoms with Gasteiger partial charge in [0.05, 0.1) is 30.6 Å². The first-order valence-corrected chi connectivity index (χ1v) is 12.7. The predicted octanol–water partition coefficient (Wildman–Crippen LogP) is 2.96. The van der Waals surface area contributed by atoms with Gasteiger partial charge in [0.25, 0.3) is 0 Å². The van der Waals surface area contributed by atoms with Crippen molar-refractivity contribution in [3.8, 4) is 11.4 Å². The lowest BCUT2D eigenvalue weighted by atomic mass is 10.1. The third kappa shape index (κ3) is 3.49. The fourth-order valence-electron chi connectivity index (χ4n) is 4.01. The van der Waals surface area contributed by atoms with Gasteiger partial charge in [0.1, 0.15) is 10.4 Å². The Morgan fingerprint density at radius 2 is 2.19 bits per heavy atom. The van der Waals surface area contributed by atoms with Gasteiger partial charge in [-0.1, -0.05) is 0 Å². The van der Waals surface area contributed by atoms with Crippen molar-refractivity contribution in [3.63, 3.8) is 0 Å². The third-order valence-electron chi connectivity index (χ3n) is 5.56. The molecule has 4 aromatic rings. The standard InChI is InChI=1S/C21H22N4O4S2/c1-12-10-29-6-5-25(12)21-19-18(17(11-30-19)31(2,27)28)23-20(24-21)15-7-13(9-26)8-16-14(15)3-4-22-16/h3-4,7-8,11-12,22,26H,5-6,9-10H2,1-2H3/t12-/m1/s1. The summed E-state index contributed by atoms with van der Waals surface area (Å²) in [6.45, 7) is 3.76. The number of aromatic nitrogens is 3. The van der Waals surface area contributed by atoms with Crippen LogP contribution in [0.1, 0.15) is 12.5 Å². The van der Waals surface area contributed by atoms with Crippen LogP contribution < -0.4 is 4.90 Å². The average molecular weight is 459 g/mol. The van der Waals surface area contributed by atoms with Crippen LogP contribution in [0.4, 0.5) is 5.82 Å². The van der Waals surface area contributed by atoms with Crippen LogP contribution in [0.5, 0.6) is 0 Å². The van der Waals surface area contributed by atoms with Crippen LogP contribution in [0.3, 0.4) is 0 Å². The zero-order chi connectivity index (χ0) is 21.8. The van der Waals surface area contributed by atoms with Gasteiger partial charge >= 0.3 is 0 Å². The van der Waals surface area contributed by atoms with E-state index in [0.29, 0.717) is 36.9 Å². The number of aliphatic hydroxyl groups excluding tert-OH is 1. The lowest BCUT2D eigenvalue weighted by Crippen LogP contribution is -2.44. The number of nitrogens with one attached hydrogen (secondary N) is 1. The molecule has 3 aromatic heterocycles. The van der Waals surface area contributed by atoms with E-state index in [1.807, 2.05) is 24.4 Å². The van der Waals surface area contributed by atoms with Gasteiger partial charge in [0.15, 0.2) is 21.5 Å². The second-order valence-corrected chi connectivity index (χ2v) is 10.6. The number of anilines is 1. The van der Waals surface area contributed by atoms with E-state index in [0.717, 1.165) is 26.7 Å². The van der Waals surface area contributed by atoms with E-state index < -0.39 is 9.84 Å².